The Hall–Kier alpha value is -0.610. The zero-order chi connectivity index (χ0) is 14.0. The number of hydrogen-bond donors (Lipinski definition) is 1. The number of hydrogen-bond acceptors (Lipinski definition) is 3. The van der Waals surface area contributed by atoms with Crippen molar-refractivity contribution in [2.45, 2.75) is 69.5 Å². The molecule has 4 heteroatoms. The van der Waals surface area contributed by atoms with Crippen LogP contribution in [-0.2, 0) is 9.53 Å². The summed E-state index contributed by atoms with van der Waals surface area (Å²) >= 11 is 0. The lowest BCUT2D eigenvalue weighted by Gasteiger charge is -2.47. The summed E-state index contributed by atoms with van der Waals surface area (Å²) in [5, 5.41) is 10.6. The zero-order valence-electron chi connectivity index (χ0n) is 12.4. The molecule has 3 atom stereocenters. The molecule has 0 radical (unpaired) electrons. The first-order valence-corrected chi connectivity index (χ1v) is 8.29. The number of amides is 1. The highest BCUT2D eigenvalue weighted by Gasteiger charge is 2.43. The number of fused-ring (bicyclic) bond motifs is 1. The number of aliphatic hydroxyl groups is 1. The van der Waals surface area contributed by atoms with Crippen molar-refractivity contribution < 1.29 is 14.6 Å². The van der Waals surface area contributed by atoms with Gasteiger partial charge in [-0.25, -0.2) is 0 Å². The van der Waals surface area contributed by atoms with E-state index in [0.717, 1.165) is 58.2 Å². The van der Waals surface area contributed by atoms with Crippen LogP contribution < -0.4 is 0 Å². The van der Waals surface area contributed by atoms with Crippen LogP contribution in [0.2, 0.25) is 0 Å². The van der Waals surface area contributed by atoms with Crippen molar-refractivity contribution in [3.05, 3.63) is 0 Å². The number of nitrogens with zero attached hydrogens (tertiary/aromatic N) is 1. The quantitative estimate of drug-likeness (QED) is 0.843. The average molecular weight is 281 g/mol. The Labute approximate surface area is 121 Å². The van der Waals surface area contributed by atoms with Crippen LogP contribution in [0, 0.1) is 5.92 Å². The van der Waals surface area contributed by atoms with Gasteiger partial charge in [0.25, 0.3) is 0 Å². The summed E-state index contributed by atoms with van der Waals surface area (Å²) in [6.45, 7) is 2.28. The highest BCUT2D eigenvalue weighted by Crippen LogP contribution is 2.39. The molecule has 20 heavy (non-hydrogen) atoms. The summed E-state index contributed by atoms with van der Waals surface area (Å²) in [4.78, 5) is 14.4. The van der Waals surface area contributed by atoms with E-state index >= 15 is 0 Å². The molecule has 3 aliphatic rings. The van der Waals surface area contributed by atoms with Gasteiger partial charge in [0.2, 0.25) is 5.91 Å². The Morgan fingerprint density at radius 2 is 2.05 bits per heavy atom. The minimum Gasteiger partial charge on any atom is -0.389 e. The van der Waals surface area contributed by atoms with Crippen LogP contribution in [0.15, 0.2) is 0 Å². The lowest BCUT2D eigenvalue weighted by Crippen LogP contribution is -2.55. The van der Waals surface area contributed by atoms with Gasteiger partial charge in [-0.1, -0.05) is 12.8 Å². The third-order valence-corrected chi connectivity index (χ3v) is 5.46. The summed E-state index contributed by atoms with van der Waals surface area (Å²) in [6.07, 6.45) is 9.07. The van der Waals surface area contributed by atoms with Crippen LogP contribution >= 0.6 is 0 Å². The number of carbonyl (C=O) groups excluding carboxylic acids is 1. The van der Waals surface area contributed by atoms with Crippen LogP contribution in [0.3, 0.4) is 0 Å². The Kier molecular flexibility index (Phi) is 4.32. The lowest BCUT2D eigenvalue weighted by atomic mass is 9.71. The normalized spacial score (nSPS) is 38.4. The molecule has 4 nitrogen and oxygen atoms in total. The number of carbonyl (C=O) groups is 1. The highest BCUT2D eigenvalue weighted by molar-refractivity contribution is 5.76. The zero-order valence-corrected chi connectivity index (χ0v) is 12.4. The van der Waals surface area contributed by atoms with E-state index in [1.807, 2.05) is 4.90 Å². The van der Waals surface area contributed by atoms with Gasteiger partial charge in [-0.2, -0.15) is 0 Å². The first-order valence-electron chi connectivity index (χ1n) is 8.29. The van der Waals surface area contributed by atoms with Gasteiger partial charge in [-0.05, 0) is 38.5 Å². The summed E-state index contributed by atoms with van der Waals surface area (Å²) in [5.74, 6) is 0.519. The average Bonchev–Trinajstić information content (AvgIpc) is 2.47. The van der Waals surface area contributed by atoms with Gasteiger partial charge in [0.15, 0.2) is 0 Å². The van der Waals surface area contributed by atoms with Gasteiger partial charge in [-0.15, -0.1) is 0 Å². The second kappa shape index (κ2) is 6.02. The van der Waals surface area contributed by atoms with Crippen LogP contribution in [-0.4, -0.2) is 47.3 Å². The summed E-state index contributed by atoms with van der Waals surface area (Å²) in [6, 6.07) is 0. The third kappa shape index (κ3) is 3.01. The van der Waals surface area contributed by atoms with E-state index in [9.17, 15) is 9.90 Å². The fourth-order valence-electron chi connectivity index (χ4n) is 4.09. The Morgan fingerprint density at radius 3 is 2.85 bits per heavy atom. The van der Waals surface area contributed by atoms with Crippen molar-refractivity contribution in [2.75, 3.05) is 19.7 Å². The Balaban J connectivity index is 1.54. The van der Waals surface area contributed by atoms with Gasteiger partial charge in [-0.3, -0.25) is 4.79 Å². The molecule has 114 valence electrons. The molecule has 2 aliphatic heterocycles. The van der Waals surface area contributed by atoms with Crippen molar-refractivity contribution >= 4 is 5.91 Å². The Morgan fingerprint density at radius 1 is 1.20 bits per heavy atom. The standard InChI is InChI=1S/C16H27NO3/c18-15(11-14-6-2-4-10-20-14)17-9-8-16(19)7-3-1-5-13(16)12-17/h13-14,19H,1-12H2. The number of likely N-dealkylation sites (tertiary alicyclic amines) is 1. The molecule has 3 rings (SSSR count). The van der Waals surface area contributed by atoms with Gasteiger partial charge < -0.3 is 14.7 Å². The fourth-order valence-corrected chi connectivity index (χ4v) is 4.09. The monoisotopic (exact) mass is 281 g/mol. The minimum absolute atomic E-state index is 0.128. The molecule has 1 amide bonds. The maximum Gasteiger partial charge on any atom is 0.225 e. The molecular formula is C16H27NO3. The van der Waals surface area contributed by atoms with Gasteiger partial charge in [0, 0.05) is 25.6 Å². The minimum atomic E-state index is -0.490. The maximum atomic E-state index is 12.4. The highest BCUT2D eigenvalue weighted by atomic mass is 16.5. The summed E-state index contributed by atoms with van der Waals surface area (Å²) in [5.41, 5.74) is -0.490. The topological polar surface area (TPSA) is 49.8 Å². The van der Waals surface area contributed by atoms with E-state index in [1.165, 1.54) is 12.8 Å². The van der Waals surface area contributed by atoms with E-state index < -0.39 is 5.60 Å². The molecule has 0 aromatic heterocycles. The molecule has 1 aliphatic carbocycles. The van der Waals surface area contributed by atoms with Crippen LogP contribution in [0.4, 0.5) is 0 Å². The van der Waals surface area contributed by atoms with E-state index in [0.29, 0.717) is 12.3 Å². The molecule has 1 N–H and O–H groups in total. The number of rotatable bonds is 2. The molecule has 0 aromatic rings. The predicted octanol–water partition coefficient (Wildman–Crippen LogP) is 2.10. The summed E-state index contributed by atoms with van der Waals surface area (Å²) in [7, 11) is 0. The Bertz CT molecular complexity index is 354. The van der Waals surface area contributed by atoms with Crippen molar-refractivity contribution in [3.8, 4) is 0 Å². The first-order chi connectivity index (χ1) is 9.67. The smallest absolute Gasteiger partial charge is 0.225 e. The second-order valence-electron chi connectivity index (χ2n) is 6.83. The second-order valence-corrected chi connectivity index (χ2v) is 6.83. The van der Waals surface area contributed by atoms with Crippen molar-refractivity contribution in [1.29, 1.82) is 0 Å². The third-order valence-electron chi connectivity index (χ3n) is 5.46. The maximum absolute atomic E-state index is 12.4. The van der Waals surface area contributed by atoms with Crippen molar-refractivity contribution in [3.63, 3.8) is 0 Å². The van der Waals surface area contributed by atoms with Crippen molar-refractivity contribution in [1.82, 2.24) is 4.90 Å². The lowest BCUT2D eigenvalue weighted by molar-refractivity contribution is -0.146. The fraction of sp³-hybridized carbons (Fsp3) is 0.938. The van der Waals surface area contributed by atoms with Gasteiger partial charge in [0.1, 0.15) is 0 Å². The predicted molar refractivity (Wildman–Crippen MR) is 76.3 cm³/mol. The first kappa shape index (κ1) is 14.3. The number of piperidine rings is 1. The molecular weight excluding hydrogens is 254 g/mol. The molecule has 2 saturated heterocycles. The van der Waals surface area contributed by atoms with E-state index in [2.05, 4.69) is 0 Å². The molecule has 2 heterocycles. The molecule has 0 bridgehead atoms. The van der Waals surface area contributed by atoms with Crippen molar-refractivity contribution in [2.24, 2.45) is 5.92 Å². The SMILES string of the molecule is O=C(CC1CCCCO1)N1CCC2(O)CCCCC2C1. The van der Waals surface area contributed by atoms with Crippen LogP contribution in [0.25, 0.3) is 0 Å². The summed E-state index contributed by atoms with van der Waals surface area (Å²) < 4.78 is 5.67. The van der Waals surface area contributed by atoms with Crippen LogP contribution in [0.5, 0.6) is 0 Å². The molecule has 3 unspecified atom stereocenters. The van der Waals surface area contributed by atoms with Gasteiger partial charge >= 0.3 is 0 Å². The van der Waals surface area contributed by atoms with E-state index in [4.69, 9.17) is 4.74 Å². The molecule has 0 aromatic carbocycles. The van der Waals surface area contributed by atoms with Crippen LogP contribution in [0.1, 0.15) is 57.8 Å². The van der Waals surface area contributed by atoms with E-state index in [-0.39, 0.29) is 12.0 Å². The van der Waals surface area contributed by atoms with E-state index in [1.54, 1.807) is 0 Å². The number of ether oxygens (including phenoxy) is 1. The molecule has 3 fully saturated rings. The van der Waals surface area contributed by atoms with Gasteiger partial charge in [0.05, 0.1) is 18.1 Å². The molecule has 0 spiro atoms. The largest absolute Gasteiger partial charge is 0.389 e. The molecule has 1 saturated carbocycles.